The maximum Gasteiger partial charge on any atom is 0.338 e. The second-order valence-corrected chi connectivity index (χ2v) is 9.83. The van der Waals surface area contributed by atoms with E-state index in [0.29, 0.717) is 12.2 Å². The van der Waals surface area contributed by atoms with Crippen LogP contribution in [0.25, 0.3) is 12.2 Å². The van der Waals surface area contributed by atoms with Gasteiger partial charge in [0.25, 0.3) is 0 Å². The predicted octanol–water partition coefficient (Wildman–Crippen LogP) is 8.87. The number of aliphatic hydroxyl groups is 1. The van der Waals surface area contributed by atoms with Gasteiger partial charge in [-0.1, -0.05) is 108 Å². The van der Waals surface area contributed by atoms with Crippen molar-refractivity contribution in [3.8, 4) is 5.75 Å². The topological polar surface area (TPSA) is 55.8 Å². The average molecular weight is 509 g/mol. The SMILES string of the molecule is CCCCCCCCCCCCOc1ccc(/C=C/c2ccc(C(=O)OCCCCCCO)cc2)cc1. The fourth-order valence-corrected chi connectivity index (χ4v) is 4.19. The smallest absolute Gasteiger partial charge is 0.338 e. The Morgan fingerprint density at radius 2 is 1.14 bits per heavy atom. The van der Waals surface area contributed by atoms with Gasteiger partial charge in [0.15, 0.2) is 0 Å². The molecule has 0 heterocycles. The summed E-state index contributed by atoms with van der Waals surface area (Å²) in [5, 5.41) is 8.78. The molecule has 2 rings (SSSR count). The first-order valence-electron chi connectivity index (χ1n) is 14.5. The van der Waals surface area contributed by atoms with Gasteiger partial charge in [0.1, 0.15) is 5.75 Å². The maximum atomic E-state index is 12.2. The summed E-state index contributed by atoms with van der Waals surface area (Å²) < 4.78 is 11.2. The number of hydrogen-bond acceptors (Lipinski definition) is 4. The van der Waals surface area contributed by atoms with E-state index in [-0.39, 0.29) is 12.6 Å². The molecule has 37 heavy (non-hydrogen) atoms. The monoisotopic (exact) mass is 508 g/mol. The first kappa shape index (κ1) is 30.6. The molecule has 0 atom stereocenters. The summed E-state index contributed by atoms with van der Waals surface area (Å²) in [6, 6.07) is 15.7. The van der Waals surface area contributed by atoms with Crippen LogP contribution in [-0.4, -0.2) is 30.9 Å². The highest BCUT2D eigenvalue weighted by atomic mass is 16.5. The highest BCUT2D eigenvalue weighted by molar-refractivity contribution is 5.89. The fraction of sp³-hybridized carbons (Fsp3) is 0.545. The minimum atomic E-state index is -0.286. The van der Waals surface area contributed by atoms with Gasteiger partial charge >= 0.3 is 5.97 Å². The lowest BCUT2D eigenvalue weighted by atomic mass is 10.1. The number of esters is 1. The van der Waals surface area contributed by atoms with E-state index in [1.54, 1.807) is 12.1 Å². The number of carbonyl (C=O) groups excluding carboxylic acids is 1. The zero-order valence-corrected chi connectivity index (χ0v) is 23.0. The van der Waals surface area contributed by atoms with Crippen molar-refractivity contribution in [3.05, 3.63) is 65.2 Å². The van der Waals surface area contributed by atoms with Crippen LogP contribution in [0.2, 0.25) is 0 Å². The van der Waals surface area contributed by atoms with Gasteiger partial charge in [0.2, 0.25) is 0 Å². The number of aliphatic hydroxyl groups excluding tert-OH is 1. The van der Waals surface area contributed by atoms with E-state index in [1.165, 1.54) is 57.8 Å². The lowest BCUT2D eigenvalue weighted by molar-refractivity contribution is 0.0497. The molecule has 0 fully saturated rings. The third-order valence-electron chi connectivity index (χ3n) is 6.55. The molecule has 2 aromatic carbocycles. The van der Waals surface area contributed by atoms with Crippen molar-refractivity contribution in [2.75, 3.05) is 19.8 Å². The summed E-state index contributed by atoms with van der Waals surface area (Å²) in [5.41, 5.74) is 2.70. The molecule has 0 aromatic heterocycles. The van der Waals surface area contributed by atoms with Gasteiger partial charge in [-0.2, -0.15) is 0 Å². The van der Waals surface area contributed by atoms with Crippen LogP contribution in [0.3, 0.4) is 0 Å². The molecule has 0 saturated heterocycles. The highest BCUT2D eigenvalue weighted by Gasteiger charge is 2.06. The molecule has 204 valence electrons. The van der Waals surface area contributed by atoms with Gasteiger partial charge in [0, 0.05) is 6.61 Å². The van der Waals surface area contributed by atoms with E-state index in [4.69, 9.17) is 14.6 Å². The molecule has 0 amide bonds. The Labute approximate surface area is 225 Å². The molecular formula is C33H48O4. The second kappa shape index (κ2) is 20.5. The van der Waals surface area contributed by atoms with Gasteiger partial charge in [-0.3, -0.25) is 0 Å². The number of hydrogen-bond donors (Lipinski definition) is 1. The number of ether oxygens (including phenoxy) is 2. The summed E-state index contributed by atoms with van der Waals surface area (Å²) in [7, 11) is 0. The molecule has 0 unspecified atom stereocenters. The highest BCUT2D eigenvalue weighted by Crippen LogP contribution is 2.16. The van der Waals surface area contributed by atoms with Crippen molar-refractivity contribution in [2.24, 2.45) is 0 Å². The van der Waals surface area contributed by atoms with E-state index >= 15 is 0 Å². The van der Waals surface area contributed by atoms with Crippen LogP contribution < -0.4 is 4.74 Å². The summed E-state index contributed by atoms with van der Waals surface area (Å²) in [5.74, 6) is 0.635. The Bertz CT molecular complexity index is 855. The Morgan fingerprint density at radius 1 is 0.649 bits per heavy atom. The fourth-order valence-electron chi connectivity index (χ4n) is 4.19. The number of benzene rings is 2. The molecule has 0 bridgehead atoms. The minimum Gasteiger partial charge on any atom is -0.494 e. The maximum absolute atomic E-state index is 12.2. The summed E-state index contributed by atoms with van der Waals surface area (Å²) >= 11 is 0. The zero-order chi connectivity index (χ0) is 26.4. The van der Waals surface area contributed by atoms with Crippen LogP contribution >= 0.6 is 0 Å². The van der Waals surface area contributed by atoms with Crippen LogP contribution in [0.5, 0.6) is 5.75 Å². The quantitative estimate of drug-likeness (QED) is 0.104. The Kier molecular flexibility index (Phi) is 16.9. The van der Waals surface area contributed by atoms with Gasteiger partial charge in [-0.25, -0.2) is 4.79 Å². The molecular weight excluding hydrogens is 460 g/mol. The lowest BCUT2D eigenvalue weighted by Crippen LogP contribution is -2.06. The van der Waals surface area contributed by atoms with E-state index in [0.717, 1.165) is 55.6 Å². The molecule has 4 heteroatoms. The summed E-state index contributed by atoms with van der Waals surface area (Å²) in [6.45, 7) is 3.69. The van der Waals surface area contributed by atoms with Gasteiger partial charge in [0.05, 0.1) is 18.8 Å². The molecule has 0 radical (unpaired) electrons. The second-order valence-electron chi connectivity index (χ2n) is 9.83. The van der Waals surface area contributed by atoms with E-state index in [1.807, 2.05) is 30.3 Å². The molecule has 0 aliphatic carbocycles. The number of unbranched alkanes of at least 4 members (excludes halogenated alkanes) is 12. The first-order chi connectivity index (χ1) is 18.2. The lowest BCUT2D eigenvalue weighted by Gasteiger charge is -2.07. The summed E-state index contributed by atoms with van der Waals surface area (Å²) in [4.78, 5) is 12.2. The van der Waals surface area contributed by atoms with Crippen molar-refractivity contribution >= 4 is 18.1 Å². The third-order valence-corrected chi connectivity index (χ3v) is 6.55. The van der Waals surface area contributed by atoms with Gasteiger partial charge in [-0.05, 0) is 61.1 Å². The predicted molar refractivity (Wildman–Crippen MR) is 155 cm³/mol. The molecule has 0 aliphatic rings. The van der Waals surface area contributed by atoms with Crippen LogP contribution in [0, 0.1) is 0 Å². The molecule has 2 aromatic rings. The largest absolute Gasteiger partial charge is 0.494 e. The van der Waals surface area contributed by atoms with Gasteiger partial charge < -0.3 is 14.6 Å². The van der Waals surface area contributed by atoms with Crippen LogP contribution in [0.4, 0.5) is 0 Å². The molecule has 4 nitrogen and oxygen atoms in total. The van der Waals surface area contributed by atoms with Crippen molar-refractivity contribution in [2.45, 2.75) is 96.8 Å². The van der Waals surface area contributed by atoms with Crippen molar-refractivity contribution in [1.82, 2.24) is 0 Å². The van der Waals surface area contributed by atoms with Crippen molar-refractivity contribution in [1.29, 1.82) is 0 Å². The third kappa shape index (κ3) is 14.7. The zero-order valence-electron chi connectivity index (χ0n) is 23.0. The van der Waals surface area contributed by atoms with E-state index in [2.05, 4.69) is 25.1 Å². The molecule has 0 spiro atoms. The molecule has 0 aliphatic heterocycles. The molecule has 0 saturated carbocycles. The van der Waals surface area contributed by atoms with E-state index < -0.39 is 0 Å². The minimum absolute atomic E-state index is 0.222. The first-order valence-corrected chi connectivity index (χ1v) is 14.5. The Morgan fingerprint density at radius 3 is 1.70 bits per heavy atom. The standard InChI is InChI=1S/C33H48O4/c1-2-3-4-5-6-7-8-9-11-14-27-36-32-24-20-30(21-25-32)17-16-29-18-22-31(23-19-29)33(35)37-28-15-12-10-13-26-34/h16-25,34H,2-15,26-28H2,1H3/b17-16+. The van der Waals surface area contributed by atoms with Gasteiger partial charge in [-0.15, -0.1) is 0 Å². The number of carbonyl (C=O) groups is 1. The number of rotatable bonds is 21. The Balaban J connectivity index is 1.60. The average Bonchev–Trinajstić information content (AvgIpc) is 2.93. The summed E-state index contributed by atoms with van der Waals surface area (Å²) in [6.07, 6.45) is 21.0. The van der Waals surface area contributed by atoms with E-state index in [9.17, 15) is 4.79 Å². The van der Waals surface area contributed by atoms with Crippen LogP contribution in [-0.2, 0) is 4.74 Å². The van der Waals surface area contributed by atoms with Crippen molar-refractivity contribution in [3.63, 3.8) is 0 Å². The Hall–Kier alpha value is -2.59. The normalized spacial score (nSPS) is 11.2. The molecule has 1 N–H and O–H groups in total. The van der Waals surface area contributed by atoms with Crippen molar-refractivity contribution < 1.29 is 19.4 Å². The van der Waals surface area contributed by atoms with Crippen LogP contribution in [0.1, 0.15) is 118 Å². The van der Waals surface area contributed by atoms with Crippen LogP contribution in [0.15, 0.2) is 48.5 Å².